The Balaban J connectivity index is 2.00. The van der Waals surface area contributed by atoms with Crippen molar-refractivity contribution in [1.29, 1.82) is 0 Å². The Morgan fingerprint density at radius 2 is 1.80 bits per heavy atom. The molecule has 1 saturated carbocycles. The minimum atomic E-state index is -0.475. The zero-order chi connectivity index (χ0) is 10.8. The standard InChI is InChI=1S/C12H15F2N/c1-2-15-12-5-9(6-12)8-3-10(13)7-11(14)4-8/h3-4,7,9,12,15H,2,5-6H2,1H3. The highest BCUT2D eigenvalue weighted by Crippen LogP contribution is 2.37. The molecule has 1 aromatic carbocycles. The first-order valence-corrected chi connectivity index (χ1v) is 5.38. The van der Waals surface area contributed by atoms with E-state index in [0.717, 1.165) is 31.0 Å². The number of hydrogen-bond acceptors (Lipinski definition) is 1. The van der Waals surface area contributed by atoms with Gasteiger partial charge in [-0.15, -0.1) is 0 Å². The maximum Gasteiger partial charge on any atom is 0.126 e. The van der Waals surface area contributed by atoms with Gasteiger partial charge in [0, 0.05) is 12.1 Å². The second-order valence-corrected chi connectivity index (χ2v) is 4.13. The molecule has 0 bridgehead atoms. The topological polar surface area (TPSA) is 12.0 Å². The summed E-state index contributed by atoms with van der Waals surface area (Å²) < 4.78 is 25.9. The zero-order valence-electron chi connectivity index (χ0n) is 8.76. The highest BCUT2D eigenvalue weighted by Gasteiger charge is 2.29. The van der Waals surface area contributed by atoms with E-state index in [9.17, 15) is 8.78 Å². The molecule has 1 aliphatic carbocycles. The second-order valence-electron chi connectivity index (χ2n) is 4.13. The summed E-state index contributed by atoms with van der Waals surface area (Å²) in [4.78, 5) is 0. The molecule has 82 valence electrons. The van der Waals surface area contributed by atoms with Crippen LogP contribution in [0.15, 0.2) is 18.2 Å². The average molecular weight is 211 g/mol. The van der Waals surface area contributed by atoms with Crippen LogP contribution >= 0.6 is 0 Å². The fourth-order valence-electron chi connectivity index (χ4n) is 2.16. The number of hydrogen-bond donors (Lipinski definition) is 1. The molecule has 15 heavy (non-hydrogen) atoms. The Kier molecular flexibility index (Phi) is 3.00. The Hall–Kier alpha value is -0.960. The summed E-state index contributed by atoms with van der Waals surface area (Å²) in [5.41, 5.74) is 0.793. The summed E-state index contributed by atoms with van der Waals surface area (Å²) in [5.74, 6) is -0.631. The molecular formula is C12H15F2N. The van der Waals surface area contributed by atoms with Crippen molar-refractivity contribution in [1.82, 2.24) is 5.32 Å². The molecule has 0 unspecified atom stereocenters. The van der Waals surface area contributed by atoms with Crippen LogP contribution in [0.4, 0.5) is 8.78 Å². The third kappa shape index (κ3) is 2.34. The van der Waals surface area contributed by atoms with Gasteiger partial charge in [-0.3, -0.25) is 0 Å². The molecule has 1 aromatic rings. The molecule has 0 radical (unpaired) electrons. The van der Waals surface area contributed by atoms with Gasteiger partial charge in [0.1, 0.15) is 11.6 Å². The van der Waals surface area contributed by atoms with Crippen LogP contribution in [0, 0.1) is 11.6 Å². The zero-order valence-corrected chi connectivity index (χ0v) is 8.76. The van der Waals surface area contributed by atoms with E-state index in [-0.39, 0.29) is 0 Å². The first-order valence-electron chi connectivity index (χ1n) is 5.38. The highest BCUT2D eigenvalue weighted by atomic mass is 19.1. The average Bonchev–Trinajstić information content (AvgIpc) is 2.08. The van der Waals surface area contributed by atoms with Crippen LogP contribution in [0.2, 0.25) is 0 Å². The quantitative estimate of drug-likeness (QED) is 0.810. The molecule has 0 spiro atoms. The number of halogens is 2. The first kappa shape index (κ1) is 10.6. The fourth-order valence-corrected chi connectivity index (χ4v) is 2.16. The minimum absolute atomic E-state index is 0.319. The van der Waals surface area contributed by atoms with E-state index >= 15 is 0 Å². The van der Waals surface area contributed by atoms with Crippen molar-refractivity contribution in [2.75, 3.05) is 6.54 Å². The summed E-state index contributed by atoms with van der Waals surface area (Å²) in [7, 11) is 0. The summed E-state index contributed by atoms with van der Waals surface area (Å²) in [5, 5.41) is 3.32. The van der Waals surface area contributed by atoms with Crippen molar-refractivity contribution < 1.29 is 8.78 Å². The molecule has 0 saturated heterocycles. The van der Waals surface area contributed by atoms with Crippen LogP contribution in [0.1, 0.15) is 31.2 Å². The third-order valence-corrected chi connectivity index (χ3v) is 2.99. The largest absolute Gasteiger partial charge is 0.314 e. The Morgan fingerprint density at radius 1 is 1.20 bits per heavy atom. The van der Waals surface area contributed by atoms with Crippen LogP contribution in [-0.2, 0) is 0 Å². The SMILES string of the molecule is CCNC1CC(c2cc(F)cc(F)c2)C1. The maximum absolute atomic E-state index is 12.9. The van der Waals surface area contributed by atoms with Gasteiger partial charge in [-0.05, 0) is 43.0 Å². The van der Waals surface area contributed by atoms with Crippen molar-refractivity contribution in [3.8, 4) is 0 Å². The lowest BCUT2D eigenvalue weighted by molar-refractivity contribution is 0.294. The van der Waals surface area contributed by atoms with Crippen molar-refractivity contribution in [2.24, 2.45) is 0 Å². The second kappa shape index (κ2) is 4.27. The molecule has 3 heteroatoms. The van der Waals surface area contributed by atoms with Gasteiger partial charge in [-0.1, -0.05) is 6.92 Å². The maximum atomic E-state index is 12.9. The Labute approximate surface area is 88.5 Å². The van der Waals surface area contributed by atoms with Crippen LogP contribution in [0.5, 0.6) is 0 Å². The highest BCUT2D eigenvalue weighted by molar-refractivity contribution is 5.24. The van der Waals surface area contributed by atoms with Crippen LogP contribution in [0.25, 0.3) is 0 Å². The van der Waals surface area contributed by atoms with Crippen molar-refractivity contribution in [3.05, 3.63) is 35.4 Å². The molecule has 1 N–H and O–H groups in total. The van der Waals surface area contributed by atoms with Gasteiger partial charge >= 0.3 is 0 Å². The number of rotatable bonds is 3. The van der Waals surface area contributed by atoms with E-state index in [1.54, 1.807) is 0 Å². The van der Waals surface area contributed by atoms with Crippen molar-refractivity contribution in [2.45, 2.75) is 31.7 Å². The molecule has 1 nitrogen and oxygen atoms in total. The lowest BCUT2D eigenvalue weighted by Crippen LogP contribution is -2.39. The van der Waals surface area contributed by atoms with E-state index in [1.165, 1.54) is 12.1 Å². The van der Waals surface area contributed by atoms with Crippen molar-refractivity contribution in [3.63, 3.8) is 0 Å². The molecule has 0 atom stereocenters. The van der Waals surface area contributed by atoms with E-state index in [4.69, 9.17) is 0 Å². The van der Waals surface area contributed by atoms with E-state index in [1.807, 2.05) is 0 Å². The molecule has 1 aliphatic rings. The van der Waals surface area contributed by atoms with Gasteiger partial charge in [0.25, 0.3) is 0 Å². The molecule has 0 amide bonds. The summed E-state index contributed by atoms with van der Waals surface area (Å²) in [6.45, 7) is 3.02. The minimum Gasteiger partial charge on any atom is -0.314 e. The molecule has 1 fully saturated rings. The molecule has 2 rings (SSSR count). The van der Waals surface area contributed by atoms with Gasteiger partial charge < -0.3 is 5.32 Å². The van der Waals surface area contributed by atoms with Gasteiger partial charge in [0.05, 0.1) is 0 Å². The van der Waals surface area contributed by atoms with Gasteiger partial charge in [-0.25, -0.2) is 8.78 Å². The van der Waals surface area contributed by atoms with Crippen LogP contribution < -0.4 is 5.32 Å². The normalized spacial score (nSPS) is 25.0. The smallest absolute Gasteiger partial charge is 0.126 e. The number of nitrogens with one attached hydrogen (secondary N) is 1. The summed E-state index contributed by atoms with van der Waals surface area (Å²) >= 11 is 0. The monoisotopic (exact) mass is 211 g/mol. The van der Waals surface area contributed by atoms with E-state index in [0.29, 0.717) is 12.0 Å². The van der Waals surface area contributed by atoms with E-state index in [2.05, 4.69) is 12.2 Å². The Morgan fingerprint density at radius 3 is 2.33 bits per heavy atom. The van der Waals surface area contributed by atoms with Gasteiger partial charge in [0.15, 0.2) is 0 Å². The first-order chi connectivity index (χ1) is 7.19. The fraction of sp³-hybridized carbons (Fsp3) is 0.500. The van der Waals surface area contributed by atoms with Crippen LogP contribution in [0.3, 0.4) is 0 Å². The predicted molar refractivity (Wildman–Crippen MR) is 55.8 cm³/mol. The Bertz CT molecular complexity index is 325. The van der Waals surface area contributed by atoms with E-state index < -0.39 is 11.6 Å². The molecule has 0 heterocycles. The summed E-state index contributed by atoms with van der Waals surface area (Å²) in [6.07, 6.45) is 1.97. The lowest BCUT2D eigenvalue weighted by atomic mass is 9.76. The van der Waals surface area contributed by atoms with Gasteiger partial charge in [-0.2, -0.15) is 0 Å². The molecule has 0 aliphatic heterocycles. The van der Waals surface area contributed by atoms with Crippen LogP contribution in [-0.4, -0.2) is 12.6 Å². The predicted octanol–water partition coefficient (Wildman–Crippen LogP) is 2.82. The summed E-state index contributed by atoms with van der Waals surface area (Å²) in [6, 6.07) is 4.32. The van der Waals surface area contributed by atoms with Crippen molar-refractivity contribution >= 4 is 0 Å². The van der Waals surface area contributed by atoms with Gasteiger partial charge in [0.2, 0.25) is 0 Å². The number of benzene rings is 1. The molecular weight excluding hydrogens is 196 g/mol. The third-order valence-electron chi connectivity index (χ3n) is 2.99. The molecule has 0 aromatic heterocycles. The lowest BCUT2D eigenvalue weighted by Gasteiger charge is -2.36.